The highest BCUT2D eigenvalue weighted by Crippen LogP contribution is 2.32. The van der Waals surface area contributed by atoms with Crippen molar-refractivity contribution in [2.24, 2.45) is 0 Å². The maximum atomic E-state index is 6.22. The van der Waals surface area contributed by atoms with Crippen LogP contribution in [0.15, 0.2) is 36.4 Å². The fourth-order valence-electron chi connectivity index (χ4n) is 2.78. The zero-order chi connectivity index (χ0) is 17.6. The van der Waals surface area contributed by atoms with Crippen LogP contribution in [0.4, 0.5) is 0 Å². The summed E-state index contributed by atoms with van der Waals surface area (Å²) in [6.45, 7) is 4.04. The standard InChI is InChI=1S/C19H21Cl2N3O/c1-2-25-19-13(10-14(20)11-15(19)21)12-22-9-5-8-18-23-16-6-3-4-7-17(16)24-18/h3-4,6-7,10-11,22H,2,5,8-9,12H2,1H3,(H,23,24). The van der Waals surface area contributed by atoms with E-state index in [4.69, 9.17) is 27.9 Å². The predicted molar refractivity (Wildman–Crippen MR) is 104 cm³/mol. The van der Waals surface area contributed by atoms with Gasteiger partial charge in [0.25, 0.3) is 0 Å². The molecule has 0 amide bonds. The van der Waals surface area contributed by atoms with E-state index >= 15 is 0 Å². The minimum Gasteiger partial charge on any atom is -0.492 e. The number of para-hydroxylation sites is 2. The van der Waals surface area contributed by atoms with E-state index in [9.17, 15) is 0 Å². The van der Waals surface area contributed by atoms with Crippen molar-refractivity contribution in [1.82, 2.24) is 15.3 Å². The average Bonchev–Trinajstić information content (AvgIpc) is 3.00. The van der Waals surface area contributed by atoms with E-state index in [1.54, 1.807) is 6.07 Å². The number of imidazole rings is 1. The molecule has 6 heteroatoms. The summed E-state index contributed by atoms with van der Waals surface area (Å²) in [7, 11) is 0. The molecule has 0 atom stereocenters. The summed E-state index contributed by atoms with van der Waals surface area (Å²) < 4.78 is 5.64. The largest absolute Gasteiger partial charge is 0.492 e. The number of rotatable bonds is 8. The summed E-state index contributed by atoms with van der Waals surface area (Å²) in [6.07, 6.45) is 1.88. The Morgan fingerprint density at radius 1 is 1.20 bits per heavy atom. The Kier molecular flexibility index (Phi) is 6.19. The number of nitrogens with one attached hydrogen (secondary N) is 2. The minimum absolute atomic E-state index is 0.549. The number of aromatic amines is 1. The third-order valence-electron chi connectivity index (χ3n) is 3.89. The molecule has 0 radical (unpaired) electrons. The highest BCUT2D eigenvalue weighted by Gasteiger charge is 2.10. The Morgan fingerprint density at radius 3 is 2.84 bits per heavy atom. The maximum Gasteiger partial charge on any atom is 0.142 e. The Labute approximate surface area is 157 Å². The maximum absolute atomic E-state index is 6.22. The van der Waals surface area contributed by atoms with Crippen molar-refractivity contribution in [3.05, 3.63) is 57.8 Å². The lowest BCUT2D eigenvalue weighted by Gasteiger charge is -2.13. The van der Waals surface area contributed by atoms with Crippen molar-refractivity contribution in [2.75, 3.05) is 13.2 Å². The Morgan fingerprint density at radius 2 is 2.04 bits per heavy atom. The first-order chi connectivity index (χ1) is 12.2. The summed E-state index contributed by atoms with van der Waals surface area (Å²) >= 11 is 12.3. The molecule has 0 aliphatic heterocycles. The quantitative estimate of drug-likeness (QED) is 0.543. The summed E-state index contributed by atoms with van der Waals surface area (Å²) in [4.78, 5) is 7.94. The minimum atomic E-state index is 0.549. The number of hydrogen-bond acceptors (Lipinski definition) is 3. The molecule has 3 aromatic rings. The van der Waals surface area contributed by atoms with Crippen molar-refractivity contribution in [3.63, 3.8) is 0 Å². The number of aryl methyl sites for hydroxylation is 1. The van der Waals surface area contributed by atoms with Crippen LogP contribution in [0.2, 0.25) is 10.0 Å². The molecule has 0 fully saturated rings. The van der Waals surface area contributed by atoms with E-state index in [0.29, 0.717) is 28.9 Å². The molecule has 4 nitrogen and oxygen atoms in total. The third kappa shape index (κ3) is 4.66. The average molecular weight is 378 g/mol. The van der Waals surface area contributed by atoms with Crippen molar-refractivity contribution in [1.29, 1.82) is 0 Å². The molecule has 0 aliphatic rings. The number of aromatic nitrogens is 2. The number of hydrogen-bond donors (Lipinski definition) is 2. The highest BCUT2D eigenvalue weighted by molar-refractivity contribution is 6.35. The Hall–Kier alpha value is -1.75. The second kappa shape index (κ2) is 8.56. The van der Waals surface area contributed by atoms with Crippen LogP contribution in [-0.2, 0) is 13.0 Å². The lowest BCUT2D eigenvalue weighted by molar-refractivity contribution is 0.335. The van der Waals surface area contributed by atoms with Gasteiger partial charge in [-0.3, -0.25) is 0 Å². The van der Waals surface area contributed by atoms with E-state index in [1.165, 1.54) is 0 Å². The van der Waals surface area contributed by atoms with Crippen LogP contribution in [0.1, 0.15) is 24.7 Å². The number of fused-ring (bicyclic) bond motifs is 1. The molecule has 0 aliphatic carbocycles. The molecule has 0 saturated carbocycles. The second-order valence-electron chi connectivity index (χ2n) is 5.79. The van der Waals surface area contributed by atoms with Gasteiger partial charge in [-0.15, -0.1) is 0 Å². The van der Waals surface area contributed by atoms with Gasteiger partial charge in [0.15, 0.2) is 0 Å². The Bertz CT molecular complexity index is 815. The first kappa shape index (κ1) is 18.1. The van der Waals surface area contributed by atoms with Gasteiger partial charge in [0, 0.05) is 23.6 Å². The molecular formula is C19H21Cl2N3O. The van der Waals surface area contributed by atoms with Gasteiger partial charge in [-0.25, -0.2) is 4.98 Å². The summed E-state index contributed by atoms with van der Waals surface area (Å²) in [5, 5.41) is 4.59. The van der Waals surface area contributed by atoms with Crippen LogP contribution in [-0.4, -0.2) is 23.1 Å². The van der Waals surface area contributed by atoms with E-state index in [0.717, 1.165) is 41.8 Å². The molecule has 0 unspecified atom stereocenters. The SMILES string of the molecule is CCOc1c(Cl)cc(Cl)cc1CNCCCc1nc2ccccc2[nH]1. The van der Waals surface area contributed by atoms with Crippen molar-refractivity contribution < 1.29 is 4.74 Å². The van der Waals surface area contributed by atoms with Crippen molar-refractivity contribution >= 4 is 34.2 Å². The molecule has 1 heterocycles. The van der Waals surface area contributed by atoms with Crippen LogP contribution < -0.4 is 10.1 Å². The zero-order valence-electron chi connectivity index (χ0n) is 14.1. The van der Waals surface area contributed by atoms with Crippen molar-refractivity contribution in [3.8, 4) is 5.75 Å². The van der Waals surface area contributed by atoms with Gasteiger partial charge >= 0.3 is 0 Å². The zero-order valence-corrected chi connectivity index (χ0v) is 15.6. The molecule has 0 bridgehead atoms. The molecule has 3 rings (SSSR count). The molecular weight excluding hydrogens is 357 g/mol. The molecule has 0 saturated heterocycles. The van der Waals surface area contributed by atoms with Gasteiger partial charge in [0.2, 0.25) is 0 Å². The van der Waals surface area contributed by atoms with E-state index in [2.05, 4.69) is 15.3 Å². The monoisotopic (exact) mass is 377 g/mol. The molecule has 0 spiro atoms. The molecule has 2 aromatic carbocycles. The fraction of sp³-hybridized carbons (Fsp3) is 0.316. The normalized spacial score (nSPS) is 11.2. The van der Waals surface area contributed by atoms with Gasteiger partial charge in [0.05, 0.1) is 22.7 Å². The summed E-state index contributed by atoms with van der Waals surface area (Å²) in [6, 6.07) is 11.7. The summed E-state index contributed by atoms with van der Waals surface area (Å²) in [5.41, 5.74) is 3.07. The Balaban J connectivity index is 1.51. The molecule has 1 aromatic heterocycles. The van der Waals surface area contributed by atoms with Gasteiger partial charge in [-0.05, 0) is 44.2 Å². The smallest absolute Gasteiger partial charge is 0.142 e. The van der Waals surface area contributed by atoms with Crippen molar-refractivity contribution in [2.45, 2.75) is 26.3 Å². The van der Waals surface area contributed by atoms with Crippen LogP contribution in [0, 0.1) is 0 Å². The fourth-order valence-corrected chi connectivity index (χ4v) is 3.37. The van der Waals surface area contributed by atoms with Gasteiger partial charge in [0.1, 0.15) is 11.6 Å². The second-order valence-corrected chi connectivity index (χ2v) is 6.63. The predicted octanol–water partition coefficient (Wildman–Crippen LogP) is 4.99. The van der Waals surface area contributed by atoms with E-state index < -0.39 is 0 Å². The number of ether oxygens (including phenoxy) is 1. The lowest BCUT2D eigenvalue weighted by atomic mass is 10.2. The third-order valence-corrected chi connectivity index (χ3v) is 4.39. The van der Waals surface area contributed by atoms with E-state index in [1.807, 2.05) is 37.3 Å². The van der Waals surface area contributed by atoms with Gasteiger partial charge in [-0.2, -0.15) is 0 Å². The number of H-pyrrole nitrogens is 1. The van der Waals surface area contributed by atoms with Crippen LogP contribution in [0.3, 0.4) is 0 Å². The number of halogens is 2. The number of nitrogens with zero attached hydrogens (tertiary/aromatic N) is 1. The van der Waals surface area contributed by atoms with Crippen LogP contribution in [0.5, 0.6) is 5.75 Å². The first-order valence-electron chi connectivity index (χ1n) is 8.42. The molecule has 132 valence electrons. The van der Waals surface area contributed by atoms with E-state index in [-0.39, 0.29) is 0 Å². The van der Waals surface area contributed by atoms with Gasteiger partial charge in [-0.1, -0.05) is 35.3 Å². The number of benzene rings is 2. The first-order valence-corrected chi connectivity index (χ1v) is 9.18. The van der Waals surface area contributed by atoms with Crippen LogP contribution >= 0.6 is 23.2 Å². The van der Waals surface area contributed by atoms with Gasteiger partial charge < -0.3 is 15.0 Å². The topological polar surface area (TPSA) is 49.9 Å². The highest BCUT2D eigenvalue weighted by atomic mass is 35.5. The van der Waals surface area contributed by atoms with Crippen LogP contribution in [0.25, 0.3) is 11.0 Å². The molecule has 2 N–H and O–H groups in total. The summed E-state index contributed by atoms with van der Waals surface area (Å²) in [5.74, 6) is 1.72. The molecule has 25 heavy (non-hydrogen) atoms. The lowest BCUT2D eigenvalue weighted by Crippen LogP contribution is -2.16.